The largest absolute Gasteiger partial charge is 0.317 e. The molecule has 1 aromatic heterocycles. The highest BCUT2D eigenvalue weighted by Crippen LogP contribution is 2.19. The Morgan fingerprint density at radius 1 is 1.32 bits per heavy atom. The van der Waals surface area contributed by atoms with E-state index in [4.69, 9.17) is 11.6 Å². The summed E-state index contributed by atoms with van der Waals surface area (Å²) in [6, 6.07) is 7.78. The second kappa shape index (κ2) is 5.76. The fraction of sp³-hybridized carbons (Fsp3) is 0.400. The van der Waals surface area contributed by atoms with Crippen LogP contribution in [0.2, 0.25) is 5.02 Å². The van der Waals surface area contributed by atoms with E-state index in [0.717, 1.165) is 36.1 Å². The molecule has 1 N–H and O–H groups in total. The summed E-state index contributed by atoms with van der Waals surface area (Å²) in [5, 5.41) is 8.58. The van der Waals surface area contributed by atoms with Crippen LogP contribution in [-0.2, 0) is 6.42 Å². The molecular weight excluding hydrogens is 258 g/mol. The smallest absolute Gasteiger partial charge is 0.0660 e. The van der Waals surface area contributed by atoms with Crippen LogP contribution in [0.1, 0.15) is 18.4 Å². The molecule has 0 unspecified atom stereocenters. The van der Waals surface area contributed by atoms with Crippen molar-refractivity contribution in [1.29, 1.82) is 0 Å². The van der Waals surface area contributed by atoms with Crippen LogP contribution in [-0.4, -0.2) is 22.9 Å². The van der Waals surface area contributed by atoms with Gasteiger partial charge in [-0.15, -0.1) is 0 Å². The van der Waals surface area contributed by atoms with Gasteiger partial charge in [0.05, 0.1) is 11.9 Å². The second-order valence-corrected chi connectivity index (χ2v) is 5.61. The lowest BCUT2D eigenvalue weighted by Gasteiger charge is -2.21. The second-order valence-electron chi connectivity index (χ2n) is 5.17. The highest BCUT2D eigenvalue weighted by atomic mass is 35.5. The minimum absolute atomic E-state index is 0.743. The predicted octanol–water partition coefficient (Wildman–Crippen LogP) is 3.07. The van der Waals surface area contributed by atoms with Gasteiger partial charge in [-0.1, -0.05) is 17.7 Å². The number of nitrogens with zero attached hydrogens (tertiary/aromatic N) is 2. The monoisotopic (exact) mass is 275 g/mol. The van der Waals surface area contributed by atoms with Crippen molar-refractivity contribution in [3.63, 3.8) is 0 Å². The molecule has 1 aliphatic heterocycles. The normalized spacial score (nSPS) is 16.7. The van der Waals surface area contributed by atoms with Gasteiger partial charge in [0, 0.05) is 11.2 Å². The molecule has 2 heterocycles. The number of benzene rings is 1. The number of rotatable bonds is 3. The van der Waals surface area contributed by atoms with Crippen LogP contribution in [0.25, 0.3) is 5.69 Å². The van der Waals surface area contributed by atoms with Crippen LogP contribution in [0.3, 0.4) is 0 Å². The van der Waals surface area contributed by atoms with Crippen molar-refractivity contribution in [3.05, 3.63) is 47.2 Å². The van der Waals surface area contributed by atoms with Crippen LogP contribution >= 0.6 is 11.6 Å². The quantitative estimate of drug-likeness (QED) is 0.933. The average Bonchev–Trinajstić information content (AvgIpc) is 2.88. The van der Waals surface area contributed by atoms with Gasteiger partial charge in [0.25, 0.3) is 0 Å². The zero-order chi connectivity index (χ0) is 13.1. The lowest BCUT2D eigenvalue weighted by Crippen LogP contribution is -2.28. The fourth-order valence-corrected chi connectivity index (χ4v) is 2.83. The van der Waals surface area contributed by atoms with Crippen LogP contribution in [0.4, 0.5) is 0 Å². The van der Waals surface area contributed by atoms with E-state index in [1.807, 2.05) is 35.1 Å². The molecule has 3 nitrogen and oxygen atoms in total. The van der Waals surface area contributed by atoms with Crippen molar-refractivity contribution >= 4 is 11.6 Å². The standard InChI is InChI=1S/C15H18ClN3/c16-14-2-1-3-15(9-14)19-11-13(10-18-19)8-12-4-6-17-7-5-12/h1-3,9-12,17H,4-8H2. The van der Waals surface area contributed by atoms with Gasteiger partial charge in [-0.2, -0.15) is 5.10 Å². The molecule has 1 fully saturated rings. The molecule has 0 saturated carbocycles. The van der Waals surface area contributed by atoms with Crippen molar-refractivity contribution < 1.29 is 0 Å². The molecule has 1 saturated heterocycles. The molecule has 2 aromatic rings. The van der Waals surface area contributed by atoms with Gasteiger partial charge in [0.1, 0.15) is 0 Å². The Morgan fingerprint density at radius 2 is 2.16 bits per heavy atom. The Bertz CT molecular complexity index is 544. The summed E-state index contributed by atoms with van der Waals surface area (Å²) in [5.41, 5.74) is 2.33. The first kappa shape index (κ1) is 12.7. The summed E-state index contributed by atoms with van der Waals surface area (Å²) in [4.78, 5) is 0. The molecule has 0 radical (unpaired) electrons. The minimum atomic E-state index is 0.743. The van der Waals surface area contributed by atoms with E-state index in [-0.39, 0.29) is 0 Å². The van der Waals surface area contributed by atoms with Gasteiger partial charge in [-0.3, -0.25) is 0 Å². The van der Waals surface area contributed by atoms with Crippen molar-refractivity contribution in [2.24, 2.45) is 5.92 Å². The zero-order valence-corrected chi connectivity index (χ0v) is 11.6. The van der Waals surface area contributed by atoms with Crippen LogP contribution in [0.5, 0.6) is 0 Å². The molecule has 0 spiro atoms. The van der Waals surface area contributed by atoms with E-state index in [0.29, 0.717) is 0 Å². The Balaban J connectivity index is 1.72. The van der Waals surface area contributed by atoms with E-state index in [9.17, 15) is 0 Å². The Labute approximate surface area is 118 Å². The van der Waals surface area contributed by atoms with Gasteiger partial charge in [0.2, 0.25) is 0 Å². The van der Waals surface area contributed by atoms with Crippen molar-refractivity contribution in [2.75, 3.05) is 13.1 Å². The fourth-order valence-electron chi connectivity index (χ4n) is 2.64. The van der Waals surface area contributed by atoms with Gasteiger partial charge in [-0.05, 0) is 62.0 Å². The van der Waals surface area contributed by atoms with Crippen LogP contribution < -0.4 is 5.32 Å². The molecule has 3 rings (SSSR count). The lowest BCUT2D eigenvalue weighted by atomic mass is 9.92. The molecule has 19 heavy (non-hydrogen) atoms. The average molecular weight is 276 g/mol. The number of piperidine rings is 1. The first-order valence-corrected chi connectivity index (χ1v) is 7.19. The first-order valence-electron chi connectivity index (χ1n) is 6.81. The van der Waals surface area contributed by atoms with Gasteiger partial charge < -0.3 is 5.32 Å². The van der Waals surface area contributed by atoms with E-state index in [1.54, 1.807) is 0 Å². The molecule has 0 aliphatic carbocycles. The Morgan fingerprint density at radius 3 is 2.95 bits per heavy atom. The summed E-state index contributed by atoms with van der Waals surface area (Å²) < 4.78 is 1.91. The van der Waals surface area contributed by atoms with Crippen LogP contribution in [0, 0.1) is 5.92 Å². The number of nitrogens with one attached hydrogen (secondary N) is 1. The molecular formula is C15H18ClN3. The van der Waals surface area contributed by atoms with Crippen molar-refractivity contribution in [2.45, 2.75) is 19.3 Å². The lowest BCUT2D eigenvalue weighted by molar-refractivity contribution is 0.372. The summed E-state index contributed by atoms with van der Waals surface area (Å²) in [5.74, 6) is 0.790. The maximum Gasteiger partial charge on any atom is 0.0660 e. The van der Waals surface area contributed by atoms with E-state index < -0.39 is 0 Å². The summed E-state index contributed by atoms with van der Waals surface area (Å²) in [6.07, 6.45) is 7.75. The van der Waals surface area contributed by atoms with Gasteiger partial charge >= 0.3 is 0 Å². The molecule has 1 aromatic carbocycles. The minimum Gasteiger partial charge on any atom is -0.317 e. The van der Waals surface area contributed by atoms with Crippen molar-refractivity contribution in [1.82, 2.24) is 15.1 Å². The third-order valence-corrected chi connectivity index (χ3v) is 3.93. The Hall–Kier alpha value is -1.32. The SMILES string of the molecule is Clc1cccc(-n2cc(CC3CCNCC3)cn2)c1. The first-order chi connectivity index (χ1) is 9.31. The van der Waals surface area contributed by atoms with E-state index in [2.05, 4.69) is 16.6 Å². The van der Waals surface area contributed by atoms with Crippen molar-refractivity contribution in [3.8, 4) is 5.69 Å². The summed E-state index contributed by atoms with van der Waals surface area (Å²) in [7, 11) is 0. The molecule has 0 amide bonds. The number of hydrogen-bond donors (Lipinski definition) is 1. The maximum absolute atomic E-state index is 6.01. The summed E-state index contributed by atoms with van der Waals surface area (Å²) in [6.45, 7) is 2.29. The summed E-state index contributed by atoms with van der Waals surface area (Å²) >= 11 is 6.01. The highest BCUT2D eigenvalue weighted by Gasteiger charge is 2.14. The topological polar surface area (TPSA) is 29.9 Å². The van der Waals surface area contributed by atoms with E-state index in [1.165, 1.54) is 18.4 Å². The molecule has 100 valence electrons. The predicted molar refractivity (Wildman–Crippen MR) is 77.9 cm³/mol. The van der Waals surface area contributed by atoms with E-state index >= 15 is 0 Å². The molecule has 0 bridgehead atoms. The number of hydrogen-bond acceptors (Lipinski definition) is 2. The molecule has 0 atom stereocenters. The van der Waals surface area contributed by atoms with Gasteiger partial charge in [0.15, 0.2) is 0 Å². The zero-order valence-electron chi connectivity index (χ0n) is 10.8. The maximum atomic E-state index is 6.01. The number of halogens is 1. The Kier molecular flexibility index (Phi) is 3.85. The third-order valence-electron chi connectivity index (χ3n) is 3.69. The van der Waals surface area contributed by atoms with Gasteiger partial charge in [-0.25, -0.2) is 4.68 Å². The highest BCUT2D eigenvalue weighted by molar-refractivity contribution is 6.30. The third kappa shape index (κ3) is 3.17. The molecule has 1 aliphatic rings. The number of aromatic nitrogens is 2. The molecule has 4 heteroatoms. The van der Waals surface area contributed by atoms with Crippen LogP contribution in [0.15, 0.2) is 36.7 Å².